The van der Waals surface area contributed by atoms with Crippen LogP contribution in [0.1, 0.15) is 22.5 Å². The first kappa shape index (κ1) is 16.9. The molecule has 0 saturated heterocycles. The molecule has 0 unspecified atom stereocenters. The topological polar surface area (TPSA) is 77.7 Å². The Morgan fingerprint density at radius 1 is 1.11 bits per heavy atom. The summed E-state index contributed by atoms with van der Waals surface area (Å²) in [6, 6.07) is 12.1. The number of aromatic nitrogens is 4. The molecule has 0 bridgehead atoms. The molecule has 0 radical (unpaired) electrons. The lowest BCUT2D eigenvalue weighted by molar-refractivity contribution is 0.241. The largest absolute Gasteiger partial charge is 0.358 e. The number of rotatable bonds is 3. The number of aryl methyl sites for hydroxylation is 1. The van der Waals surface area contributed by atoms with Crippen LogP contribution in [0.2, 0.25) is 0 Å². The minimum Gasteiger partial charge on any atom is -0.358 e. The van der Waals surface area contributed by atoms with Gasteiger partial charge in [-0.15, -0.1) is 0 Å². The molecular weight excluding hydrogens is 350 g/mol. The van der Waals surface area contributed by atoms with E-state index in [1.165, 1.54) is 22.2 Å². The standard InChI is InChI=1S/C22H21N5O/c1-14-18(16-4-2-3-5-19(16)24-14)12-27-11-8-17-20(13-27)25-21(26-22(17)28)15-6-9-23-10-7-15/h2-7,9-10,24H,8,11-13H2,1H3,(H,25,26,28). The molecule has 0 amide bonds. The summed E-state index contributed by atoms with van der Waals surface area (Å²) in [5, 5.41) is 1.27. The molecule has 5 rings (SSSR count). The quantitative estimate of drug-likeness (QED) is 0.580. The fourth-order valence-corrected chi connectivity index (χ4v) is 4.04. The van der Waals surface area contributed by atoms with Gasteiger partial charge in [-0.2, -0.15) is 0 Å². The van der Waals surface area contributed by atoms with E-state index in [-0.39, 0.29) is 5.56 Å². The number of benzene rings is 1. The molecule has 0 aliphatic carbocycles. The van der Waals surface area contributed by atoms with Crippen LogP contribution in [-0.4, -0.2) is 31.4 Å². The molecule has 0 saturated carbocycles. The highest BCUT2D eigenvalue weighted by molar-refractivity contribution is 5.84. The minimum absolute atomic E-state index is 0.0280. The van der Waals surface area contributed by atoms with Crippen LogP contribution in [0.15, 0.2) is 53.6 Å². The van der Waals surface area contributed by atoms with E-state index in [1.807, 2.05) is 12.1 Å². The van der Waals surface area contributed by atoms with Crippen LogP contribution in [0.4, 0.5) is 0 Å². The first-order valence-electron chi connectivity index (χ1n) is 9.50. The van der Waals surface area contributed by atoms with E-state index in [4.69, 9.17) is 4.98 Å². The molecule has 6 nitrogen and oxygen atoms in total. The van der Waals surface area contributed by atoms with Crippen molar-refractivity contribution < 1.29 is 0 Å². The highest BCUT2D eigenvalue weighted by atomic mass is 16.1. The van der Waals surface area contributed by atoms with Gasteiger partial charge in [0.2, 0.25) is 0 Å². The van der Waals surface area contributed by atoms with E-state index in [9.17, 15) is 4.79 Å². The van der Waals surface area contributed by atoms with Crippen LogP contribution >= 0.6 is 0 Å². The summed E-state index contributed by atoms with van der Waals surface area (Å²) in [5.74, 6) is 0.608. The molecule has 4 aromatic rings. The Balaban J connectivity index is 1.47. The predicted octanol–water partition coefficient (Wildman–Crippen LogP) is 3.18. The van der Waals surface area contributed by atoms with Crippen LogP contribution in [0.5, 0.6) is 0 Å². The van der Waals surface area contributed by atoms with Crippen molar-refractivity contribution in [2.75, 3.05) is 6.54 Å². The number of nitrogens with zero attached hydrogens (tertiary/aromatic N) is 3. The lowest BCUT2D eigenvalue weighted by Crippen LogP contribution is -2.35. The van der Waals surface area contributed by atoms with Crippen LogP contribution in [0.3, 0.4) is 0 Å². The molecule has 140 valence electrons. The summed E-state index contributed by atoms with van der Waals surface area (Å²) in [7, 11) is 0. The van der Waals surface area contributed by atoms with Crippen LogP contribution < -0.4 is 5.56 Å². The number of H-pyrrole nitrogens is 2. The molecule has 6 heteroatoms. The van der Waals surface area contributed by atoms with Crippen molar-refractivity contribution in [2.45, 2.75) is 26.4 Å². The van der Waals surface area contributed by atoms with Crippen molar-refractivity contribution in [3.05, 3.63) is 81.7 Å². The Kier molecular flexibility index (Phi) is 4.06. The highest BCUT2D eigenvalue weighted by Gasteiger charge is 2.23. The van der Waals surface area contributed by atoms with E-state index >= 15 is 0 Å². The summed E-state index contributed by atoms with van der Waals surface area (Å²) in [4.78, 5) is 30.2. The second-order valence-electron chi connectivity index (χ2n) is 7.31. The maximum absolute atomic E-state index is 12.6. The molecule has 4 heterocycles. The van der Waals surface area contributed by atoms with E-state index < -0.39 is 0 Å². The molecule has 1 aromatic carbocycles. The second-order valence-corrected chi connectivity index (χ2v) is 7.31. The van der Waals surface area contributed by atoms with Crippen molar-refractivity contribution >= 4 is 10.9 Å². The van der Waals surface area contributed by atoms with Crippen molar-refractivity contribution in [3.8, 4) is 11.4 Å². The van der Waals surface area contributed by atoms with E-state index in [0.29, 0.717) is 12.4 Å². The highest BCUT2D eigenvalue weighted by Crippen LogP contribution is 2.26. The SMILES string of the molecule is Cc1[nH]c2ccccc2c1CN1CCc2c(nc(-c3ccncc3)[nH]c2=O)C1. The second kappa shape index (κ2) is 6.73. The van der Waals surface area contributed by atoms with E-state index in [2.05, 4.69) is 51.0 Å². The van der Waals surface area contributed by atoms with Gasteiger partial charge in [0.05, 0.1) is 5.69 Å². The van der Waals surface area contributed by atoms with Crippen molar-refractivity contribution in [2.24, 2.45) is 0 Å². The number of hydrogen-bond acceptors (Lipinski definition) is 4. The third-order valence-corrected chi connectivity index (χ3v) is 5.52. The molecule has 3 aromatic heterocycles. The third-order valence-electron chi connectivity index (χ3n) is 5.52. The van der Waals surface area contributed by atoms with Gasteiger partial charge in [-0.3, -0.25) is 14.7 Å². The van der Waals surface area contributed by atoms with Gasteiger partial charge in [0, 0.05) is 59.8 Å². The molecule has 28 heavy (non-hydrogen) atoms. The fraction of sp³-hybridized carbons (Fsp3) is 0.227. The fourth-order valence-electron chi connectivity index (χ4n) is 4.04. The lowest BCUT2D eigenvalue weighted by atomic mass is 10.0. The van der Waals surface area contributed by atoms with Gasteiger partial charge in [-0.25, -0.2) is 4.98 Å². The van der Waals surface area contributed by atoms with Gasteiger partial charge < -0.3 is 9.97 Å². The first-order chi connectivity index (χ1) is 13.7. The number of nitrogens with one attached hydrogen (secondary N) is 2. The average Bonchev–Trinajstić information content (AvgIpc) is 3.03. The predicted molar refractivity (Wildman–Crippen MR) is 109 cm³/mol. The number of pyridine rings is 1. The molecule has 1 aliphatic heterocycles. The van der Waals surface area contributed by atoms with Crippen molar-refractivity contribution in [1.82, 2.24) is 24.8 Å². The van der Waals surface area contributed by atoms with Gasteiger partial charge in [0.1, 0.15) is 5.82 Å². The van der Waals surface area contributed by atoms with Crippen LogP contribution in [-0.2, 0) is 19.5 Å². The zero-order chi connectivity index (χ0) is 19.1. The first-order valence-corrected chi connectivity index (χ1v) is 9.50. The Labute approximate surface area is 162 Å². The molecule has 0 atom stereocenters. The molecular formula is C22H21N5O. The zero-order valence-electron chi connectivity index (χ0n) is 15.7. The summed E-state index contributed by atoms with van der Waals surface area (Å²) in [5.41, 5.74) is 6.21. The van der Waals surface area contributed by atoms with Gasteiger partial charge in [0.25, 0.3) is 5.56 Å². The minimum atomic E-state index is -0.0280. The van der Waals surface area contributed by atoms with Crippen molar-refractivity contribution in [1.29, 1.82) is 0 Å². The average molecular weight is 371 g/mol. The molecule has 0 spiro atoms. The Hall–Kier alpha value is -3.25. The van der Waals surface area contributed by atoms with Crippen LogP contribution in [0, 0.1) is 6.92 Å². The molecule has 0 fully saturated rings. The monoisotopic (exact) mass is 371 g/mol. The van der Waals surface area contributed by atoms with Crippen LogP contribution in [0.25, 0.3) is 22.3 Å². The number of hydrogen-bond donors (Lipinski definition) is 2. The maximum Gasteiger partial charge on any atom is 0.254 e. The molecule has 1 aliphatic rings. The number of fused-ring (bicyclic) bond motifs is 2. The summed E-state index contributed by atoms with van der Waals surface area (Å²) in [6.07, 6.45) is 4.14. The van der Waals surface area contributed by atoms with Gasteiger partial charge in [-0.1, -0.05) is 18.2 Å². The Morgan fingerprint density at radius 2 is 1.93 bits per heavy atom. The normalized spacial score (nSPS) is 14.3. The summed E-state index contributed by atoms with van der Waals surface area (Å²) >= 11 is 0. The zero-order valence-corrected chi connectivity index (χ0v) is 15.7. The maximum atomic E-state index is 12.6. The number of para-hydroxylation sites is 1. The Bertz CT molecular complexity index is 1210. The van der Waals surface area contributed by atoms with Gasteiger partial charge >= 0.3 is 0 Å². The smallest absolute Gasteiger partial charge is 0.254 e. The molecule has 2 N–H and O–H groups in total. The summed E-state index contributed by atoms with van der Waals surface area (Å²) in [6.45, 7) is 4.49. The van der Waals surface area contributed by atoms with E-state index in [1.54, 1.807) is 12.4 Å². The third kappa shape index (κ3) is 2.92. The lowest BCUT2D eigenvalue weighted by Gasteiger charge is -2.27. The van der Waals surface area contributed by atoms with E-state index in [0.717, 1.165) is 36.3 Å². The van der Waals surface area contributed by atoms with Gasteiger partial charge in [0.15, 0.2) is 0 Å². The Morgan fingerprint density at radius 3 is 2.79 bits per heavy atom. The summed E-state index contributed by atoms with van der Waals surface area (Å²) < 4.78 is 0. The van der Waals surface area contributed by atoms with Gasteiger partial charge in [-0.05, 0) is 37.1 Å². The van der Waals surface area contributed by atoms with Crippen molar-refractivity contribution in [3.63, 3.8) is 0 Å². The number of aromatic amines is 2.